The van der Waals surface area contributed by atoms with Gasteiger partial charge in [0.2, 0.25) is 0 Å². The van der Waals surface area contributed by atoms with E-state index in [0.717, 1.165) is 26.1 Å². The Balaban J connectivity index is 1.86. The van der Waals surface area contributed by atoms with Gasteiger partial charge in [0.05, 0.1) is 19.8 Å². The minimum absolute atomic E-state index is 0.0807. The summed E-state index contributed by atoms with van der Waals surface area (Å²) < 4.78 is 15.9. The van der Waals surface area contributed by atoms with Gasteiger partial charge >= 0.3 is 0 Å². The van der Waals surface area contributed by atoms with Crippen LogP contribution in [0.5, 0.6) is 0 Å². The fourth-order valence-corrected chi connectivity index (χ4v) is 1.15. The lowest BCUT2D eigenvalue weighted by Crippen LogP contribution is -2.26. The largest absolute Gasteiger partial charge is 0.396 e. The van der Waals surface area contributed by atoms with E-state index in [0.29, 0.717) is 19.6 Å². The number of hydrogen-bond donors (Lipinski definition) is 1. The first kappa shape index (κ1) is 10.9. The normalized spacial score (nSPS) is 19.2. The third-order valence-corrected chi connectivity index (χ3v) is 1.84. The van der Waals surface area contributed by atoms with E-state index in [1.807, 2.05) is 0 Å². The number of hydrogen-bond acceptors (Lipinski definition) is 4. The van der Waals surface area contributed by atoms with Crippen LogP contribution in [0, 0.1) is 0 Å². The molecule has 1 rings (SSSR count). The second-order valence-electron chi connectivity index (χ2n) is 3.00. The highest BCUT2D eigenvalue weighted by atomic mass is 16.7. The summed E-state index contributed by atoms with van der Waals surface area (Å²) in [4.78, 5) is 0. The Labute approximate surface area is 78.8 Å². The van der Waals surface area contributed by atoms with Gasteiger partial charge in [0, 0.05) is 19.6 Å². The zero-order chi connectivity index (χ0) is 9.36. The maximum atomic E-state index is 8.48. The molecule has 0 unspecified atom stereocenters. The summed E-state index contributed by atoms with van der Waals surface area (Å²) >= 11 is 0. The van der Waals surface area contributed by atoms with E-state index in [2.05, 4.69) is 0 Å². The fourth-order valence-electron chi connectivity index (χ4n) is 1.15. The van der Waals surface area contributed by atoms with Crippen molar-refractivity contribution in [1.82, 2.24) is 0 Å². The van der Waals surface area contributed by atoms with Crippen LogP contribution in [0.25, 0.3) is 0 Å². The zero-order valence-electron chi connectivity index (χ0n) is 7.91. The van der Waals surface area contributed by atoms with Crippen molar-refractivity contribution in [2.75, 3.05) is 33.0 Å². The highest BCUT2D eigenvalue weighted by molar-refractivity contribution is 4.51. The standard InChI is InChI=1S/C9H18O4/c10-4-1-5-11-8-3-9-12-6-2-7-13-9/h9-10H,1-8H2. The van der Waals surface area contributed by atoms with E-state index in [1.165, 1.54) is 0 Å². The Morgan fingerprint density at radius 2 is 2.00 bits per heavy atom. The molecular weight excluding hydrogens is 172 g/mol. The van der Waals surface area contributed by atoms with Gasteiger partial charge in [-0.2, -0.15) is 0 Å². The average Bonchev–Trinajstić information content (AvgIpc) is 2.19. The first-order valence-corrected chi connectivity index (χ1v) is 4.85. The van der Waals surface area contributed by atoms with Crippen molar-refractivity contribution in [3.63, 3.8) is 0 Å². The molecule has 0 bridgehead atoms. The van der Waals surface area contributed by atoms with Crippen LogP contribution in [0.4, 0.5) is 0 Å². The van der Waals surface area contributed by atoms with Crippen LogP contribution < -0.4 is 0 Å². The molecule has 0 atom stereocenters. The molecule has 13 heavy (non-hydrogen) atoms. The zero-order valence-corrected chi connectivity index (χ0v) is 7.91. The van der Waals surface area contributed by atoms with Crippen molar-refractivity contribution >= 4 is 0 Å². The summed E-state index contributed by atoms with van der Waals surface area (Å²) in [6, 6.07) is 0. The highest BCUT2D eigenvalue weighted by Crippen LogP contribution is 2.08. The topological polar surface area (TPSA) is 47.9 Å². The van der Waals surface area contributed by atoms with Crippen LogP contribution in [0.1, 0.15) is 19.3 Å². The molecular formula is C9H18O4. The Bertz CT molecular complexity index is 112. The van der Waals surface area contributed by atoms with Gasteiger partial charge in [-0.15, -0.1) is 0 Å². The van der Waals surface area contributed by atoms with Crippen molar-refractivity contribution in [1.29, 1.82) is 0 Å². The van der Waals surface area contributed by atoms with Gasteiger partial charge in [-0.1, -0.05) is 0 Å². The quantitative estimate of drug-likeness (QED) is 0.621. The Hall–Kier alpha value is -0.160. The molecule has 78 valence electrons. The second-order valence-corrected chi connectivity index (χ2v) is 3.00. The predicted molar refractivity (Wildman–Crippen MR) is 47.4 cm³/mol. The summed E-state index contributed by atoms with van der Waals surface area (Å²) in [5, 5.41) is 8.48. The molecule has 0 aromatic heterocycles. The smallest absolute Gasteiger partial charge is 0.159 e. The minimum Gasteiger partial charge on any atom is -0.396 e. The van der Waals surface area contributed by atoms with E-state index in [-0.39, 0.29) is 12.9 Å². The van der Waals surface area contributed by atoms with Gasteiger partial charge in [0.1, 0.15) is 0 Å². The molecule has 1 heterocycles. The van der Waals surface area contributed by atoms with Crippen LogP contribution >= 0.6 is 0 Å². The molecule has 0 aliphatic carbocycles. The second kappa shape index (κ2) is 7.26. The lowest BCUT2D eigenvalue weighted by molar-refractivity contribution is -0.186. The van der Waals surface area contributed by atoms with Crippen LogP contribution in [-0.4, -0.2) is 44.4 Å². The third-order valence-electron chi connectivity index (χ3n) is 1.84. The van der Waals surface area contributed by atoms with Crippen LogP contribution in [0.3, 0.4) is 0 Å². The van der Waals surface area contributed by atoms with Gasteiger partial charge < -0.3 is 19.3 Å². The van der Waals surface area contributed by atoms with Crippen molar-refractivity contribution in [3.8, 4) is 0 Å². The van der Waals surface area contributed by atoms with Gasteiger partial charge in [-0.05, 0) is 12.8 Å². The molecule has 0 saturated carbocycles. The Morgan fingerprint density at radius 3 is 2.69 bits per heavy atom. The highest BCUT2D eigenvalue weighted by Gasteiger charge is 2.13. The molecule has 0 radical (unpaired) electrons. The first-order chi connectivity index (χ1) is 6.43. The SMILES string of the molecule is OCCCOCCC1OCCCO1. The van der Waals surface area contributed by atoms with Gasteiger partial charge in [0.25, 0.3) is 0 Å². The van der Waals surface area contributed by atoms with Gasteiger partial charge in [-0.25, -0.2) is 0 Å². The summed E-state index contributed by atoms with van der Waals surface area (Å²) in [5.41, 5.74) is 0. The van der Waals surface area contributed by atoms with E-state index < -0.39 is 0 Å². The van der Waals surface area contributed by atoms with E-state index in [1.54, 1.807) is 0 Å². The molecule has 1 aliphatic rings. The molecule has 4 nitrogen and oxygen atoms in total. The maximum absolute atomic E-state index is 8.48. The summed E-state index contributed by atoms with van der Waals surface area (Å²) in [7, 11) is 0. The maximum Gasteiger partial charge on any atom is 0.159 e. The Kier molecular flexibility index (Phi) is 6.10. The summed E-state index contributed by atoms with van der Waals surface area (Å²) in [5.74, 6) is 0. The number of aliphatic hydroxyl groups excluding tert-OH is 1. The fraction of sp³-hybridized carbons (Fsp3) is 1.00. The molecule has 0 aromatic carbocycles. The van der Waals surface area contributed by atoms with Crippen LogP contribution in [0.2, 0.25) is 0 Å². The molecule has 1 fully saturated rings. The molecule has 1 saturated heterocycles. The van der Waals surface area contributed by atoms with Gasteiger partial charge in [-0.3, -0.25) is 0 Å². The summed E-state index contributed by atoms with van der Waals surface area (Å²) in [6.45, 7) is 3.03. The predicted octanol–water partition coefficient (Wildman–Crippen LogP) is 0.538. The number of aliphatic hydroxyl groups is 1. The van der Waals surface area contributed by atoms with Crippen molar-refractivity contribution in [2.24, 2.45) is 0 Å². The van der Waals surface area contributed by atoms with Gasteiger partial charge in [0.15, 0.2) is 6.29 Å². The molecule has 1 aliphatic heterocycles. The Morgan fingerprint density at radius 1 is 1.23 bits per heavy atom. The van der Waals surface area contributed by atoms with E-state index in [9.17, 15) is 0 Å². The molecule has 0 spiro atoms. The summed E-state index contributed by atoms with van der Waals surface area (Å²) in [6.07, 6.45) is 2.39. The van der Waals surface area contributed by atoms with E-state index in [4.69, 9.17) is 19.3 Å². The van der Waals surface area contributed by atoms with Crippen LogP contribution in [0.15, 0.2) is 0 Å². The van der Waals surface area contributed by atoms with Crippen molar-refractivity contribution in [2.45, 2.75) is 25.6 Å². The number of rotatable bonds is 6. The lowest BCUT2D eigenvalue weighted by Gasteiger charge is -2.22. The van der Waals surface area contributed by atoms with Crippen molar-refractivity contribution < 1.29 is 19.3 Å². The molecule has 0 aromatic rings. The minimum atomic E-state index is -0.0807. The molecule has 0 amide bonds. The monoisotopic (exact) mass is 190 g/mol. The average molecular weight is 190 g/mol. The lowest BCUT2D eigenvalue weighted by atomic mass is 10.4. The van der Waals surface area contributed by atoms with Crippen molar-refractivity contribution in [3.05, 3.63) is 0 Å². The van der Waals surface area contributed by atoms with E-state index >= 15 is 0 Å². The number of ether oxygens (including phenoxy) is 3. The molecule has 1 N–H and O–H groups in total. The molecule has 4 heteroatoms. The first-order valence-electron chi connectivity index (χ1n) is 4.85. The van der Waals surface area contributed by atoms with Crippen LogP contribution in [-0.2, 0) is 14.2 Å². The third kappa shape index (κ3) is 5.21.